The smallest absolute Gasteiger partial charge is 0.251 e. The van der Waals surface area contributed by atoms with Crippen molar-refractivity contribution in [1.82, 2.24) is 10.3 Å². The molecule has 0 saturated carbocycles. The molecule has 1 N–H and O–H groups in total. The number of carbonyl (C=O) groups excluding carboxylic acids is 1. The van der Waals surface area contributed by atoms with Crippen molar-refractivity contribution in [2.75, 3.05) is 0 Å². The second kappa shape index (κ2) is 5.35. The van der Waals surface area contributed by atoms with Crippen LogP contribution in [0.2, 0.25) is 0 Å². The molecule has 18 heavy (non-hydrogen) atoms. The van der Waals surface area contributed by atoms with Gasteiger partial charge in [0.1, 0.15) is 11.6 Å². The van der Waals surface area contributed by atoms with Crippen molar-refractivity contribution in [2.45, 2.75) is 6.54 Å². The summed E-state index contributed by atoms with van der Waals surface area (Å²) in [5, 5.41) is 2.55. The number of carbonyl (C=O) groups is 1. The second-order valence-electron chi connectivity index (χ2n) is 3.65. The van der Waals surface area contributed by atoms with Crippen molar-refractivity contribution in [3.63, 3.8) is 0 Å². The fraction of sp³-hybridized carbons (Fsp3) is 0.0769. The van der Waals surface area contributed by atoms with Gasteiger partial charge in [0.05, 0.1) is 0 Å². The molecule has 0 spiro atoms. The Labute approximate surface area is 102 Å². The standard InChI is InChI=1S/C13H10F2N2O/c14-11-2-1-10(12(15)7-11)8-17-13(18)9-3-5-16-6-4-9/h1-7H,8H2,(H,17,18). The van der Waals surface area contributed by atoms with Crippen LogP contribution < -0.4 is 5.32 Å². The first-order chi connectivity index (χ1) is 8.66. The van der Waals surface area contributed by atoms with E-state index in [2.05, 4.69) is 10.3 Å². The average molecular weight is 248 g/mol. The van der Waals surface area contributed by atoms with Crippen LogP contribution in [0.5, 0.6) is 0 Å². The van der Waals surface area contributed by atoms with Gasteiger partial charge in [-0.2, -0.15) is 0 Å². The maximum Gasteiger partial charge on any atom is 0.251 e. The lowest BCUT2D eigenvalue weighted by molar-refractivity contribution is 0.0950. The van der Waals surface area contributed by atoms with E-state index in [9.17, 15) is 13.6 Å². The number of nitrogens with one attached hydrogen (secondary N) is 1. The van der Waals surface area contributed by atoms with E-state index in [1.807, 2.05) is 0 Å². The SMILES string of the molecule is O=C(NCc1ccc(F)cc1F)c1ccncc1. The van der Waals surface area contributed by atoms with Crippen LogP contribution in [-0.4, -0.2) is 10.9 Å². The van der Waals surface area contributed by atoms with Gasteiger partial charge in [-0.1, -0.05) is 6.07 Å². The van der Waals surface area contributed by atoms with Gasteiger partial charge in [-0.3, -0.25) is 9.78 Å². The Hall–Kier alpha value is -2.30. The third-order valence-corrected chi connectivity index (χ3v) is 2.40. The molecule has 0 aliphatic carbocycles. The van der Waals surface area contributed by atoms with Crippen LogP contribution in [0.3, 0.4) is 0 Å². The molecule has 3 nitrogen and oxygen atoms in total. The molecule has 1 heterocycles. The first-order valence-electron chi connectivity index (χ1n) is 5.29. The second-order valence-corrected chi connectivity index (χ2v) is 3.65. The van der Waals surface area contributed by atoms with E-state index in [1.165, 1.54) is 18.5 Å². The molecule has 0 aliphatic rings. The van der Waals surface area contributed by atoms with Crippen LogP contribution in [0, 0.1) is 11.6 Å². The summed E-state index contributed by atoms with van der Waals surface area (Å²) >= 11 is 0. The summed E-state index contributed by atoms with van der Waals surface area (Å²) in [5.41, 5.74) is 0.673. The van der Waals surface area contributed by atoms with Crippen LogP contribution in [0.25, 0.3) is 0 Å². The summed E-state index contributed by atoms with van der Waals surface area (Å²) in [7, 11) is 0. The number of halogens is 2. The lowest BCUT2D eigenvalue weighted by Gasteiger charge is -2.06. The Morgan fingerprint density at radius 3 is 2.56 bits per heavy atom. The van der Waals surface area contributed by atoms with E-state index in [0.29, 0.717) is 5.56 Å². The number of nitrogens with zero attached hydrogens (tertiary/aromatic N) is 1. The van der Waals surface area contributed by atoms with Crippen molar-refractivity contribution in [1.29, 1.82) is 0 Å². The van der Waals surface area contributed by atoms with Crippen LogP contribution in [0.4, 0.5) is 8.78 Å². The molecule has 1 amide bonds. The van der Waals surface area contributed by atoms with Gasteiger partial charge in [0.2, 0.25) is 0 Å². The molecular formula is C13H10F2N2O. The number of hydrogen-bond donors (Lipinski definition) is 1. The lowest BCUT2D eigenvalue weighted by atomic mass is 10.2. The highest BCUT2D eigenvalue weighted by molar-refractivity contribution is 5.93. The normalized spacial score (nSPS) is 10.1. The highest BCUT2D eigenvalue weighted by Gasteiger charge is 2.07. The van der Waals surface area contributed by atoms with E-state index in [4.69, 9.17) is 0 Å². The molecule has 92 valence electrons. The summed E-state index contributed by atoms with van der Waals surface area (Å²) < 4.78 is 26.0. The van der Waals surface area contributed by atoms with Gasteiger partial charge in [-0.25, -0.2) is 8.78 Å². The number of amides is 1. The summed E-state index contributed by atoms with van der Waals surface area (Å²) in [6.07, 6.45) is 2.99. The van der Waals surface area contributed by atoms with E-state index in [-0.39, 0.29) is 18.0 Å². The van der Waals surface area contributed by atoms with Crippen molar-refractivity contribution >= 4 is 5.91 Å². The highest BCUT2D eigenvalue weighted by Crippen LogP contribution is 2.09. The van der Waals surface area contributed by atoms with Crippen LogP contribution in [0.15, 0.2) is 42.7 Å². The van der Waals surface area contributed by atoms with Gasteiger partial charge in [-0.15, -0.1) is 0 Å². The minimum atomic E-state index is -0.676. The summed E-state index contributed by atoms with van der Waals surface area (Å²) in [4.78, 5) is 15.4. The molecule has 1 aromatic carbocycles. The fourth-order valence-electron chi connectivity index (χ4n) is 1.45. The topological polar surface area (TPSA) is 42.0 Å². The molecule has 2 aromatic rings. The highest BCUT2D eigenvalue weighted by atomic mass is 19.1. The van der Waals surface area contributed by atoms with Gasteiger partial charge in [-0.05, 0) is 18.2 Å². The maximum absolute atomic E-state index is 13.3. The molecular weight excluding hydrogens is 238 g/mol. The molecule has 0 radical (unpaired) electrons. The number of rotatable bonds is 3. The van der Waals surface area contributed by atoms with Gasteiger partial charge >= 0.3 is 0 Å². The predicted octanol–water partition coefficient (Wildman–Crippen LogP) is 2.29. The third kappa shape index (κ3) is 2.88. The lowest BCUT2D eigenvalue weighted by Crippen LogP contribution is -2.23. The fourth-order valence-corrected chi connectivity index (χ4v) is 1.45. The number of benzene rings is 1. The first-order valence-corrected chi connectivity index (χ1v) is 5.29. The Kier molecular flexibility index (Phi) is 3.62. The maximum atomic E-state index is 13.3. The average Bonchev–Trinajstić information content (AvgIpc) is 2.38. The Balaban J connectivity index is 2.02. The molecule has 0 saturated heterocycles. The van der Waals surface area contributed by atoms with Crippen LogP contribution in [-0.2, 0) is 6.54 Å². The van der Waals surface area contributed by atoms with E-state index in [1.54, 1.807) is 12.1 Å². The minimum absolute atomic E-state index is 0.00721. The van der Waals surface area contributed by atoms with Gasteiger partial charge in [0.25, 0.3) is 5.91 Å². The van der Waals surface area contributed by atoms with Crippen molar-refractivity contribution in [2.24, 2.45) is 0 Å². The monoisotopic (exact) mass is 248 g/mol. The van der Waals surface area contributed by atoms with E-state index in [0.717, 1.165) is 12.1 Å². The summed E-state index contributed by atoms with van der Waals surface area (Å²) in [6, 6.07) is 6.34. The molecule has 0 fully saturated rings. The molecule has 0 unspecified atom stereocenters. The Morgan fingerprint density at radius 2 is 1.89 bits per heavy atom. The largest absolute Gasteiger partial charge is 0.348 e. The third-order valence-electron chi connectivity index (χ3n) is 2.40. The molecule has 0 atom stereocenters. The quantitative estimate of drug-likeness (QED) is 0.905. The first kappa shape index (κ1) is 12.2. The summed E-state index contributed by atoms with van der Waals surface area (Å²) in [5.74, 6) is -1.65. The van der Waals surface area contributed by atoms with E-state index < -0.39 is 11.6 Å². The van der Waals surface area contributed by atoms with Gasteiger partial charge < -0.3 is 5.32 Å². The molecule has 2 rings (SSSR count). The molecule has 0 bridgehead atoms. The molecule has 0 aliphatic heterocycles. The number of pyridine rings is 1. The van der Waals surface area contributed by atoms with E-state index >= 15 is 0 Å². The van der Waals surface area contributed by atoms with Crippen molar-refractivity contribution < 1.29 is 13.6 Å². The Morgan fingerprint density at radius 1 is 1.17 bits per heavy atom. The van der Waals surface area contributed by atoms with Gasteiger partial charge in [0.15, 0.2) is 0 Å². The van der Waals surface area contributed by atoms with Crippen molar-refractivity contribution in [3.8, 4) is 0 Å². The Bertz CT molecular complexity index is 558. The molecule has 5 heteroatoms. The zero-order chi connectivity index (χ0) is 13.0. The van der Waals surface area contributed by atoms with Crippen LogP contribution in [0.1, 0.15) is 15.9 Å². The number of hydrogen-bond acceptors (Lipinski definition) is 2. The van der Waals surface area contributed by atoms with Crippen molar-refractivity contribution in [3.05, 3.63) is 65.5 Å². The summed E-state index contributed by atoms with van der Waals surface area (Å²) in [6.45, 7) is 0.00721. The van der Waals surface area contributed by atoms with Gasteiger partial charge in [0, 0.05) is 36.1 Å². The molecule has 1 aromatic heterocycles. The zero-order valence-electron chi connectivity index (χ0n) is 9.36. The number of aromatic nitrogens is 1. The predicted molar refractivity (Wildman–Crippen MR) is 61.8 cm³/mol. The minimum Gasteiger partial charge on any atom is -0.348 e. The van der Waals surface area contributed by atoms with Crippen LogP contribution >= 0.6 is 0 Å². The zero-order valence-corrected chi connectivity index (χ0v) is 9.36.